The molecule has 1 aromatic carbocycles. The van der Waals surface area contributed by atoms with Crippen LogP contribution >= 0.6 is 34.8 Å². The van der Waals surface area contributed by atoms with Crippen LogP contribution in [0, 0.1) is 0 Å². The molecule has 0 fully saturated rings. The van der Waals surface area contributed by atoms with Crippen molar-refractivity contribution in [3.8, 4) is 0 Å². The fraction of sp³-hybridized carbons (Fsp3) is 0.222. The lowest BCUT2D eigenvalue weighted by Crippen LogP contribution is -2.20. The van der Waals surface area contributed by atoms with Crippen LogP contribution in [-0.4, -0.2) is 11.3 Å². The van der Waals surface area contributed by atoms with Gasteiger partial charge >= 0.3 is 0 Å². The fourth-order valence-corrected chi connectivity index (χ4v) is 1.22. The number of alkyl halides is 1. The number of benzene rings is 1. The second-order valence-electron chi connectivity index (χ2n) is 2.73. The molecule has 0 aliphatic heterocycles. The standard InChI is InChI=1S/C9H8Cl3NO/c1-5(10)9(14)13-8-4-6(11)2-3-7(8)12/h2-5H,1H3,(H,13,14)/t5-/m0/s1. The maximum atomic E-state index is 11.2. The van der Waals surface area contributed by atoms with Crippen molar-refractivity contribution in [2.75, 3.05) is 5.32 Å². The van der Waals surface area contributed by atoms with Crippen LogP contribution in [-0.2, 0) is 4.79 Å². The lowest BCUT2D eigenvalue weighted by molar-refractivity contribution is -0.115. The van der Waals surface area contributed by atoms with E-state index >= 15 is 0 Å². The molecule has 0 heterocycles. The molecule has 2 nitrogen and oxygen atoms in total. The van der Waals surface area contributed by atoms with E-state index in [-0.39, 0.29) is 5.91 Å². The number of rotatable bonds is 2. The Labute approximate surface area is 97.1 Å². The third-order valence-electron chi connectivity index (χ3n) is 1.55. The maximum Gasteiger partial charge on any atom is 0.242 e. The molecular weight excluding hydrogens is 244 g/mol. The quantitative estimate of drug-likeness (QED) is 0.801. The van der Waals surface area contributed by atoms with Gasteiger partial charge in [-0.3, -0.25) is 4.79 Å². The molecule has 1 aromatic rings. The number of nitrogens with one attached hydrogen (secondary N) is 1. The Hall–Kier alpha value is -0.440. The molecule has 0 spiro atoms. The molecule has 1 N–H and O–H groups in total. The van der Waals surface area contributed by atoms with E-state index in [2.05, 4.69) is 5.32 Å². The summed E-state index contributed by atoms with van der Waals surface area (Å²) in [5.41, 5.74) is 0.469. The first-order valence-electron chi connectivity index (χ1n) is 3.90. The van der Waals surface area contributed by atoms with E-state index in [1.165, 1.54) is 0 Å². The van der Waals surface area contributed by atoms with Gasteiger partial charge in [-0.2, -0.15) is 0 Å². The molecule has 1 amide bonds. The normalized spacial score (nSPS) is 12.3. The molecule has 0 unspecified atom stereocenters. The molecule has 1 rings (SSSR count). The molecule has 0 aliphatic carbocycles. The largest absolute Gasteiger partial charge is 0.323 e. The first kappa shape index (κ1) is 11.6. The monoisotopic (exact) mass is 251 g/mol. The number of anilines is 1. The summed E-state index contributed by atoms with van der Waals surface area (Å²) in [7, 11) is 0. The van der Waals surface area contributed by atoms with Crippen LogP contribution in [0.1, 0.15) is 6.92 Å². The average molecular weight is 253 g/mol. The summed E-state index contributed by atoms with van der Waals surface area (Å²) in [5, 5.41) is 2.89. The first-order valence-corrected chi connectivity index (χ1v) is 5.10. The highest BCUT2D eigenvalue weighted by atomic mass is 35.5. The summed E-state index contributed by atoms with van der Waals surface area (Å²) < 4.78 is 0. The van der Waals surface area contributed by atoms with Crippen LogP contribution in [0.2, 0.25) is 10.0 Å². The summed E-state index contributed by atoms with van der Waals surface area (Å²) >= 11 is 17.1. The number of amides is 1. The van der Waals surface area contributed by atoms with Gasteiger partial charge in [0.1, 0.15) is 5.38 Å². The zero-order chi connectivity index (χ0) is 10.7. The van der Waals surface area contributed by atoms with Crippen molar-refractivity contribution < 1.29 is 4.79 Å². The lowest BCUT2D eigenvalue weighted by Gasteiger charge is -2.08. The van der Waals surface area contributed by atoms with E-state index in [1.807, 2.05) is 0 Å². The van der Waals surface area contributed by atoms with Gasteiger partial charge in [0.05, 0.1) is 10.7 Å². The molecule has 0 saturated heterocycles. The third-order valence-corrected chi connectivity index (χ3v) is 2.31. The van der Waals surface area contributed by atoms with E-state index in [9.17, 15) is 4.79 Å². The summed E-state index contributed by atoms with van der Waals surface area (Å²) in [4.78, 5) is 11.2. The minimum Gasteiger partial charge on any atom is -0.323 e. The molecular formula is C9H8Cl3NO. The molecule has 76 valence electrons. The number of halogens is 3. The highest BCUT2D eigenvalue weighted by molar-refractivity contribution is 6.37. The molecule has 5 heteroatoms. The predicted molar refractivity (Wildman–Crippen MR) is 60.4 cm³/mol. The van der Waals surface area contributed by atoms with E-state index in [0.717, 1.165) is 0 Å². The summed E-state index contributed by atoms with van der Waals surface area (Å²) in [6, 6.07) is 4.82. The van der Waals surface area contributed by atoms with Gasteiger partial charge in [-0.15, -0.1) is 11.6 Å². The number of hydrogen-bond donors (Lipinski definition) is 1. The van der Waals surface area contributed by atoms with Crippen molar-refractivity contribution in [2.45, 2.75) is 12.3 Å². The number of carbonyl (C=O) groups is 1. The Morgan fingerprint density at radius 3 is 2.64 bits per heavy atom. The summed E-state index contributed by atoms with van der Waals surface area (Å²) in [6.45, 7) is 1.58. The van der Waals surface area contributed by atoms with E-state index in [0.29, 0.717) is 15.7 Å². The minimum absolute atomic E-state index is 0.309. The average Bonchev–Trinajstić information content (AvgIpc) is 2.11. The SMILES string of the molecule is C[C@H](Cl)C(=O)Nc1cc(Cl)ccc1Cl. The Morgan fingerprint density at radius 2 is 2.07 bits per heavy atom. The molecule has 0 aromatic heterocycles. The van der Waals surface area contributed by atoms with Gasteiger partial charge in [0, 0.05) is 5.02 Å². The highest BCUT2D eigenvalue weighted by Crippen LogP contribution is 2.25. The maximum absolute atomic E-state index is 11.2. The van der Waals surface area contributed by atoms with Crippen LogP contribution in [0.15, 0.2) is 18.2 Å². The van der Waals surface area contributed by atoms with Gasteiger partial charge < -0.3 is 5.32 Å². The molecule has 14 heavy (non-hydrogen) atoms. The van der Waals surface area contributed by atoms with Gasteiger partial charge in [-0.1, -0.05) is 23.2 Å². The summed E-state index contributed by atoms with van der Waals surface area (Å²) in [5.74, 6) is -0.309. The minimum atomic E-state index is -0.606. The van der Waals surface area contributed by atoms with E-state index < -0.39 is 5.38 Å². The number of carbonyl (C=O) groups excluding carboxylic acids is 1. The van der Waals surface area contributed by atoms with Crippen molar-refractivity contribution in [1.82, 2.24) is 0 Å². The topological polar surface area (TPSA) is 29.1 Å². The lowest BCUT2D eigenvalue weighted by atomic mass is 10.3. The molecule has 0 bridgehead atoms. The Kier molecular flexibility index (Phi) is 4.05. The second-order valence-corrected chi connectivity index (χ2v) is 4.23. The van der Waals surface area contributed by atoms with Gasteiger partial charge in [-0.25, -0.2) is 0 Å². The van der Waals surface area contributed by atoms with Crippen molar-refractivity contribution in [3.05, 3.63) is 28.2 Å². The second kappa shape index (κ2) is 4.87. The van der Waals surface area contributed by atoms with Crippen molar-refractivity contribution in [1.29, 1.82) is 0 Å². The zero-order valence-corrected chi connectivity index (χ0v) is 9.62. The zero-order valence-electron chi connectivity index (χ0n) is 7.35. The third kappa shape index (κ3) is 3.05. The Balaban J connectivity index is 2.86. The van der Waals surface area contributed by atoms with Crippen molar-refractivity contribution >= 4 is 46.4 Å². The fourth-order valence-electron chi connectivity index (χ4n) is 0.825. The summed E-state index contributed by atoms with van der Waals surface area (Å²) in [6.07, 6.45) is 0. The van der Waals surface area contributed by atoms with Crippen LogP contribution in [0.4, 0.5) is 5.69 Å². The number of hydrogen-bond acceptors (Lipinski definition) is 1. The van der Waals surface area contributed by atoms with Crippen LogP contribution in [0.25, 0.3) is 0 Å². The predicted octanol–water partition coefficient (Wildman–Crippen LogP) is 3.56. The van der Waals surface area contributed by atoms with Crippen LogP contribution in [0.3, 0.4) is 0 Å². The van der Waals surface area contributed by atoms with Gasteiger partial charge in [0.15, 0.2) is 0 Å². The van der Waals surface area contributed by atoms with Crippen molar-refractivity contribution in [2.24, 2.45) is 0 Å². The van der Waals surface area contributed by atoms with Crippen LogP contribution in [0.5, 0.6) is 0 Å². The van der Waals surface area contributed by atoms with Crippen molar-refractivity contribution in [3.63, 3.8) is 0 Å². The Morgan fingerprint density at radius 1 is 1.43 bits per heavy atom. The first-order chi connectivity index (χ1) is 6.50. The van der Waals surface area contributed by atoms with Gasteiger partial charge in [0.25, 0.3) is 0 Å². The highest BCUT2D eigenvalue weighted by Gasteiger charge is 2.11. The molecule has 0 saturated carbocycles. The molecule has 1 atom stereocenters. The Bertz CT molecular complexity index is 352. The van der Waals surface area contributed by atoms with E-state index in [4.69, 9.17) is 34.8 Å². The van der Waals surface area contributed by atoms with E-state index in [1.54, 1.807) is 25.1 Å². The molecule has 0 aliphatic rings. The van der Waals surface area contributed by atoms with Gasteiger partial charge in [0.2, 0.25) is 5.91 Å². The van der Waals surface area contributed by atoms with Gasteiger partial charge in [-0.05, 0) is 25.1 Å². The molecule has 0 radical (unpaired) electrons. The smallest absolute Gasteiger partial charge is 0.242 e. The van der Waals surface area contributed by atoms with Crippen LogP contribution < -0.4 is 5.32 Å².